The Balaban J connectivity index is 1.65. The quantitative estimate of drug-likeness (QED) is 0.827. The monoisotopic (exact) mass is 331 g/mol. The molecule has 24 heavy (non-hydrogen) atoms. The summed E-state index contributed by atoms with van der Waals surface area (Å²) in [7, 11) is 1.86. The maximum atomic E-state index is 10.2. The molecule has 4 aliphatic carbocycles. The van der Waals surface area contributed by atoms with Crippen LogP contribution in [-0.4, -0.2) is 24.9 Å². The molecule has 0 heterocycles. The third kappa shape index (κ3) is 2.22. The van der Waals surface area contributed by atoms with E-state index in [0.29, 0.717) is 11.3 Å². The van der Waals surface area contributed by atoms with Gasteiger partial charge in [-0.25, -0.2) is 0 Å². The highest BCUT2D eigenvalue weighted by molar-refractivity contribution is 5.13. The summed E-state index contributed by atoms with van der Waals surface area (Å²) in [6, 6.07) is 2.64. The Hall–Kier alpha value is -0.590. The fourth-order valence-corrected chi connectivity index (χ4v) is 7.79. The Morgan fingerprint density at radius 1 is 1.08 bits per heavy atom. The van der Waals surface area contributed by atoms with Crippen LogP contribution in [0, 0.1) is 51.8 Å². The molecule has 3 nitrogen and oxygen atoms in total. The number of hydrogen-bond acceptors (Lipinski definition) is 3. The van der Waals surface area contributed by atoms with E-state index in [-0.39, 0.29) is 17.4 Å². The van der Waals surface area contributed by atoms with E-state index >= 15 is 0 Å². The summed E-state index contributed by atoms with van der Waals surface area (Å²) in [5.74, 6) is 3.18. The van der Waals surface area contributed by atoms with Gasteiger partial charge in [-0.1, -0.05) is 6.92 Å². The number of aliphatic hydroxyl groups is 1. The number of ether oxygens (including phenoxy) is 1. The van der Waals surface area contributed by atoms with Crippen molar-refractivity contribution in [3.8, 4) is 6.07 Å². The van der Waals surface area contributed by atoms with Gasteiger partial charge >= 0.3 is 0 Å². The lowest BCUT2D eigenvalue weighted by atomic mass is 9.44. The van der Waals surface area contributed by atoms with Crippen LogP contribution in [0.15, 0.2) is 0 Å². The molecule has 0 unspecified atom stereocenters. The van der Waals surface area contributed by atoms with Crippen molar-refractivity contribution in [2.24, 2.45) is 40.4 Å². The number of hydrogen-bond donors (Lipinski definition) is 1. The predicted octanol–water partition coefficient (Wildman–Crippen LogP) is 4.16. The molecule has 134 valence electrons. The van der Waals surface area contributed by atoms with E-state index in [9.17, 15) is 10.4 Å². The maximum Gasteiger partial charge on any atom is 0.0661 e. The lowest BCUT2D eigenvalue weighted by Crippen LogP contribution is -2.56. The average molecular weight is 332 g/mol. The molecule has 0 aromatic heterocycles. The predicted molar refractivity (Wildman–Crippen MR) is 93.0 cm³/mol. The average Bonchev–Trinajstić information content (AvgIpc) is 2.92. The number of nitriles is 1. The highest BCUT2D eigenvalue weighted by Gasteiger charge is 2.61. The highest BCUT2D eigenvalue weighted by Crippen LogP contribution is 2.67. The maximum absolute atomic E-state index is 10.2. The second-order valence-corrected chi connectivity index (χ2v) is 9.55. The summed E-state index contributed by atoms with van der Waals surface area (Å²) in [6.07, 6.45) is 10.4. The number of rotatable bonds is 2. The van der Waals surface area contributed by atoms with Crippen LogP contribution in [0.2, 0.25) is 0 Å². The minimum Gasteiger partial charge on any atom is -0.393 e. The van der Waals surface area contributed by atoms with Crippen LogP contribution in [0.5, 0.6) is 0 Å². The Bertz CT molecular complexity index is 528. The fraction of sp³-hybridized carbons (Fsp3) is 0.952. The lowest BCUT2D eigenvalue weighted by Gasteiger charge is -2.61. The summed E-state index contributed by atoms with van der Waals surface area (Å²) in [6.45, 7) is 3.28. The SMILES string of the molecule is COC[C@]12CC[C@@H](O)C[C@@H]1CC[C@H]1[C@@H]3CC[C@H](C#N)[C@@]3(C)CC[C@@H]12. The van der Waals surface area contributed by atoms with Gasteiger partial charge in [0.25, 0.3) is 0 Å². The summed E-state index contributed by atoms with van der Waals surface area (Å²) in [4.78, 5) is 0. The normalized spacial score (nSPS) is 53.6. The molecule has 4 saturated carbocycles. The molecule has 8 atom stereocenters. The van der Waals surface area contributed by atoms with Crippen molar-refractivity contribution in [3.05, 3.63) is 0 Å². The number of fused-ring (bicyclic) bond motifs is 5. The van der Waals surface area contributed by atoms with Gasteiger partial charge < -0.3 is 9.84 Å². The van der Waals surface area contributed by atoms with Crippen molar-refractivity contribution in [2.45, 2.75) is 70.8 Å². The van der Waals surface area contributed by atoms with Gasteiger partial charge in [0.1, 0.15) is 0 Å². The minimum absolute atomic E-state index is 0.0974. The number of methoxy groups -OCH3 is 1. The van der Waals surface area contributed by atoms with E-state index in [1.54, 1.807) is 0 Å². The van der Waals surface area contributed by atoms with Gasteiger partial charge in [-0.15, -0.1) is 0 Å². The first-order valence-electron chi connectivity index (χ1n) is 10.1. The van der Waals surface area contributed by atoms with Gasteiger partial charge in [0, 0.05) is 7.11 Å². The first-order valence-corrected chi connectivity index (χ1v) is 10.1. The van der Waals surface area contributed by atoms with Crippen molar-refractivity contribution in [2.75, 3.05) is 13.7 Å². The van der Waals surface area contributed by atoms with Gasteiger partial charge in [-0.05, 0) is 92.3 Å². The summed E-state index contributed by atoms with van der Waals surface area (Å²) >= 11 is 0. The molecule has 0 bridgehead atoms. The molecule has 0 spiro atoms. The Kier molecular flexibility index (Phi) is 4.21. The van der Waals surface area contributed by atoms with E-state index in [1.807, 2.05) is 7.11 Å². The molecule has 4 rings (SSSR count). The zero-order valence-electron chi connectivity index (χ0n) is 15.3. The zero-order valence-corrected chi connectivity index (χ0v) is 15.3. The largest absolute Gasteiger partial charge is 0.393 e. The van der Waals surface area contributed by atoms with Crippen molar-refractivity contribution < 1.29 is 9.84 Å². The van der Waals surface area contributed by atoms with E-state index in [4.69, 9.17) is 4.74 Å². The molecule has 4 fully saturated rings. The van der Waals surface area contributed by atoms with Gasteiger partial charge in [-0.3, -0.25) is 0 Å². The second-order valence-electron chi connectivity index (χ2n) is 9.55. The minimum atomic E-state index is -0.0974. The fourth-order valence-electron chi connectivity index (χ4n) is 7.79. The molecular formula is C21H33NO2. The first kappa shape index (κ1) is 16.9. The molecule has 0 aromatic rings. The van der Waals surface area contributed by atoms with Gasteiger partial charge in [0.15, 0.2) is 0 Å². The van der Waals surface area contributed by atoms with E-state index in [0.717, 1.165) is 50.0 Å². The molecule has 4 aliphatic rings. The molecule has 0 aromatic carbocycles. The summed E-state index contributed by atoms with van der Waals surface area (Å²) in [5.41, 5.74) is 0.550. The molecule has 3 heteroatoms. The zero-order chi connectivity index (χ0) is 16.9. The topological polar surface area (TPSA) is 53.2 Å². The van der Waals surface area contributed by atoms with E-state index < -0.39 is 0 Å². The number of nitrogens with zero attached hydrogens (tertiary/aromatic N) is 1. The Morgan fingerprint density at radius 2 is 1.92 bits per heavy atom. The van der Waals surface area contributed by atoms with Gasteiger partial charge in [0.2, 0.25) is 0 Å². The van der Waals surface area contributed by atoms with Crippen LogP contribution in [0.4, 0.5) is 0 Å². The Morgan fingerprint density at radius 3 is 2.67 bits per heavy atom. The smallest absolute Gasteiger partial charge is 0.0661 e. The standard InChI is InChI=1S/C21H33NO2/c1-20-9-8-19-17(18(20)6-4-15(20)12-22)5-3-14-11-16(23)7-10-21(14,19)13-24-2/h14-19,23H,3-11,13H2,1-2H3/t14-,15+,16+,17-,18-,19-,20+,21+/m0/s1. The van der Waals surface area contributed by atoms with Crippen LogP contribution in [-0.2, 0) is 4.74 Å². The Labute approximate surface area is 146 Å². The highest BCUT2D eigenvalue weighted by atomic mass is 16.5. The van der Waals surface area contributed by atoms with E-state index in [2.05, 4.69) is 13.0 Å². The van der Waals surface area contributed by atoms with Gasteiger partial charge in [-0.2, -0.15) is 5.26 Å². The molecular weight excluding hydrogens is 298 g/mol. The van der Waals surface area contributed by atoms with Crippen LogP contribution in [0.3, 0.4) is 0 Å². The summed E-state index contributed by atoms with van der Waals surface area (Å²) in [5, 5.41) is 19.8. The molecule has 0 aliphatic heterocycles. The van der Waals surface area contributed by atoms with Crippen molar-refractivity contribution >= 4 is 0 Å². The molecule has 0 saturated heterocycles. The number of aliphatic hydroxyl groups excluding tert-OH is 1. The third-order valence-corrected chi connectivity index (χ3v) is 8.91. The molecule has 0 radical (unpaired) electrons. The van der Waals surface area contributed by atoms with Crippen molar-refractivity contribution in [3.63, 3.8) is 0 Å². The second kappa shape index (κ2) is 5.99. The van der Waals surface area contributed by atoms with Crippen LogP contribution >= 0.6 is 0 Å². The van der Waals surface area contributed by atoms with E-state index in [1.165, 1.54) is 32.1 Å². The molecule has 0 amide bonds. The van der Waals surface area contributed by atoms with Crippen molar-refractivity contribution in [1.29, 1.82) is 5.26 Å². The van der Waals surface area contributed by atoms with Crippen LogP contribution in [0.25, 0.3) is 0 Å². The summed E-state index contributed by atoms with van der Waals surface area (Å²) < 4.78 is 5.77. The first-order chi connectivity index (χ1) is 11.5. The van der Waals surface area contributed by atoms with Crippen molar-refractivity contribution in [1.82, 2.24) is 0 Å². The third-order valence-electron chi connectivity index (χ3n) is 8.91. The molecule has 1 N–H and O–H groups in total. The van der Waals surface area contributed by atoms with Crippen LogP contribution < -0.4 is 0 Å². The van der Waals surface area contributed by atoms with Gasteiger partial charge in [0.05, 0.1) is 24.7 Å². The van der Waals surface area contributed by atoms with Crippen LogP contribution in [0.1, 0.15) is 64.7 Å². The lowest BCUT2D eigenvalue weighted by molar-refractivity contribution is -0.156.